The zero-order valence-corrected chi connectivity index (χ0v) is 13.0. The summed E-state index contributed by atoms with van der Waals surface area (Å²) >= 11 is 0. The number of benzene rings is 1. The normalized spacial score (nSPS) is 13.8. The fourth-order valence-corrected chi connectivity index (χ4v) is 2.17. The van der Waals surface area contributed by atoms with E-state index < -0.39 is 0 Å². The number of nitrogens with one attached hydrogen (secondary N) is 2. The first-order valence-corrected chi connectivity index (χ1v) is 7.75. The van der Waals surface area contributed by atoms with Gasteiger partial charge in [0.15, 0.2) is 0 Å². The minimum atomic E-state index is 0.134. The first-order valence-electron chi connectivity index (χ1n) is 7.75. The molecule has 0 aliphatic heterocycles. The predicted molar refractivity (Wildman–Crippen MR) is 84.6 cm³/mol. The van der Waals surface area contributed by atoms with Crippen LogP contribution in [0.3, 0.4) is 0 Å². The summed E-state index contributed by atoms with van der Waals surface area (Å²) in [7, 11) is 0. The number of hydrogen-bond acceptors (Lipinski definition) is 2. The van der Waals surface area contributed by atoms with Crippen molar-refractivity contribution in [3.8, 4) is 0 Å². The quantitative estimate of drug-likeness (QED) is 0.725. The van der Waals surface area contributed by atoms with Crippen molar-refractivity contribution >= 4 is 5.91 Å². The molecule has 3 heteroatoms. The summed E-state index contributed by atoms with van der Waals surface area (Å²) in [5.74, 6) is 0.134. The topological polar surface area (TPSA) is 41.1 Å². The lowest BCUT2D eigenvalue weighted by molar-refractivity contribution is -0.121. The Hall–Kier alpha value is -1.35. The first-order chi connectivity index (χ1) is 9.67. The molecule has 1 rings (SSSR count). The number of carbonyl (C=O) groups excluding carboxylic acids is 1. The van der Waals surface area contributed by atoms with Gasteiger partial charge in [-0.15, -0.1) is 0 Å². The van der Waals surface area contributed by atoms with Gasteiger partial charge in [-0.3, -0.25) is 4.79 Å². The minimum Gasteiger partial charge on any atom is -0.354 e. The highest BCUT2D eigenvalue weighted by Crippen LogP contribution is 2.17. The van der Waals surface area contributed by atoms with Crippen LogP contribution in [0.5, 0.6) is 0 Å². The summed E-state index contributed by atoms with van der Waals surface area (Å²) in [6.07, 6.45) is 3.74. The van der Waals surface area contributed by atoms with E-state index in [9.17, 15) is 4.79 Å². The number of rotatable bonds is 9. The van der Waals surface area contributed by atoms with Crippen molar-refractivity contribution in [3.05, 3.63) is 35.9 Å². The van der Waals surface area contributed by atoms with Crippen molar-refractivity contribution in [2.45, 2.75) is 58.5 Å². The average Bonchev–Trinajstić information content (AvgIpc) is 2.47. The fraction of sp³-hybridized carbons (Fsp3) is 0.588. The molecule has 1 amide bonds. The average molecular weight is 276 g/mol. The lowest BCUT2D eigenvalue weighted by Gasteiger charge is -2.19. The van der Waals surface area contributed by atoms with Gasteiger partial charge in [0.05, 0.1) is 0 Å². The van der Waals surface area contributed by atoms with E-state index in [0.717, 1.165) is 25.8 Å². The second-order valence-electron chi connectivity index (χ2n) is 5.33. The smallest absolute Gasteiger partial charge is 0.221 e. The first kappa shape index (κ1) is 16.7. The minimum absolute atomic E-state index is 0.134. The van der Waals surface area contributed by atoms with E-state index >= 15 is 0 Å². The van der Waals surface area contributed by atoms with E-state index in [1.165, 1.54) is 5.56 Å². The lowest BCUT2D eigenvalue weighted by atomic mass is 10.0. The zero-order chi connectivity index (χ0) is 14.8. The van der Waals surface area contributed by atoms with E-state index in [1.807, 2.05) is 13.0 Å². The van der Waals surface area contributed by atoms with Crippen LogP contribution in [0.4, 0.5) is 0 Å². The number of hydrogen-bond donors (Lipinski definition) is 2. The van der Waals surface area contributed by atoms with Gasteiger partial charge in [-0.2, -0.15) is 0 Å². The SMILES string of the molecule is CCCC(NCCC(=O)NC(C)CC)c1ccccc1. The van der Waals surface area contributed by atoms with Crippen molar-refractivity contribution in [2.24, 2.45) is 0 Å². The summed E-state index contributed by atoms with van der Waals surface area (Å²) < 4.78 is 0. The fourth-order valence-electron chi connectivity index (χ4n) is 2.17. The van der Waals surface area contributed by atoms with Crippen molar-refractivity contribution in [2.75, 3.05) is 6.54 Å². The molecule has 0 radical (unpaired) electrons. The summed E-state index contributed by atoms with van der Waals surface area (Å²) in [4.78, 5) is 11.7. The Morgan fingerprint density at radius 2 is 1.90 bits per heavy atom. The molecular weight excluding hydrogens is 248 g/mol. The standard InChI is InChI=1S/C17H28N2O/c1-4-9-16(15-10-7-6-8-11-15)18-13-12-17(20)19-14(3)5-2/h6-8,10-11,14,16,18H,4-5,9,12-13H2,1-3H3,(H,19,20). The van der Waals surface area contributed by atoms with Crippen LogP contribution in [0.15, 0.2) is 30.3 Å². The highest BCUT2D eigenvalue weighted by atomic mass is 16.1. The lowest BCUT2D eigenvalue weighted by Crippen LogP contribution is -2.34. The van der Waals surface area contributed by atoms with Gasteiger partial charge in [0.25, 0.3) is 0 Å². The highest BCUT2D eigenvalue weighted by Gasteiger charge is 2.10. The Morgan fingerprint density at radius 1 is 1.20 bits per heavy atom. The number of carbonyl (C=O) groups is 1. The summed E-state index contributed by atoms with van der Waals surface area (Å²) in [6.45, 7) is 7.03. The Balaban J connectivity index is 2.38. The summed E-state index contributed by atoms with van der Waals surface area (Å²) in [5.41, 5.74) is 1.30. The largest absolute Gasteiger partial charge is 0.354 e. The van der Waals surface area contributed by atoms with Crippen molar-refractivity contribution in [1.29, 1.82) is 0 Å². The molecule has 0 saturated carbocycles. The molecule has 20 heavy (non-hydrogen) atoms. The molecule has 0 fully saturated rings. The molecule has 112 valence electrons. The van der Waals surface area contributed by atoms with Crippen molar-refractivity contribution in [1.82, 2.24) is 10.6 Å². The van der Waals surface area contributed by atoms with Gasteiger partial charge in [0.1, 0.15) is 0 Å². The van der Waals surface area contributed by atoms with Gasteiger partial charge in [0, 0.05) is 25.0 Å². The summed E-state index contributed by atoms with van der Waals surface area (Å²) in [6, 6.07) is 11.1. The van der Waals surface area contributed by atoms with E-state index in [4.69, 9.17) is 0 Å². The van der Waals surface area contributed by atoms with Gasteiger partial charge >= 0.3 is 0 Å². The molecule has 0 spiro atoms. The second-order valence-corrected chi connectivity index (χ2v) is 5.33. The van der Waals surface area contributed by atoms with E-state index in [1.54, 1.807) is 0 Å². The molecule has 2 atom stereocenters. The number of amides is 1. The molecule has 0 saturated heterocycles. The predicted octanol–water partition coefficient (Wildman–Crippen LogP) is 3.42. The molecule has 2 N–H and O–H groups in total. The van der Waals surface area contributed by atoms with Crippen LogP contribution >= 0.6 is 0 Å². The second kappa shape index (κ2) is 9.54. The molecule has 0 aromatic heterocycles. The van der Waals surface area contributed by atoms with Crippen molar-refractivity contribution in [3.63, 3.8) is 0 Å². The van der Waals surface area contributed by atoms with Gasteiger partial charge in [-0.1, -0.05) is 50.6 Å². The summed E-state index contributed by atoms with van der Waals surface area (Å²) in [5, 5.41) is 6.49. The molecule has 0 heterocycles. The zero-order valence-electron chi connectivity index (χ0n) is 13.0. The van der Waals surface area contributed by atoms with Crippen LogP contribution in [-0.4, -0.2) is 18.5 Å². The molecule has 1 aromatic carbocycles. The van der Waals surface area contributed by atoms with Gasteiger partial charge in [-0.05, 0) is 25.3 Å². The van der Waals surface area contributed by atoms with Gasteiger partial charge in [-0.25, -0.2) is 0 Å². The van der Waals surface area contributed by atoms with Crippen LogP contribution in [-0.2, 0) is 4.79 Å². The van der Waals surface area contributed by atoms with E-state index in [0.29, 0.717) is 12.5 Å². The molecular formula is C17H28N2O. The van der Waals surface area contributed by atoms with Gasteiger partial charge in [0.2, 0.25) is 5.91 Å². The van der Waals surface area contributed by atoms with Gasteiger partial charge < -0.3 is 10.6 Å². The maximum Gasteiger partial charge on any atom is 0.221 e. The molecule has 0 bridgehead atoms. The third-order valence-corrected chi connectivity index (χ3v) is 3.54. The van der Waals surface area contributed by atoms with Crippen LogP contribution in [0.25, 0.3) is 0 Å². The Morgan fingerprint density at radius 3 is 2.50 bits per heavy atom. The van der Waals surface area contributed by atoms with Crippen LogP contribution in [0.1, 0.15) is 58.1 Å². The maximum absolute atomic E-state index is 11.7. The monoisotopic (exact) mass is 276 g/mol. The Kier molecular flexibility index (Phi) is 7.97. The molecule has 1 aromatic rings. The van der Waals surface area contributed by atoms with Crippen LogP contribution in [0.2, 0.25) is 0 Å². The molecule has 0 aliphatic rings. The molecule has 0 aliphatic carbocycles. The Labute approximate surface area is 123 Å². The Bertz CT molecular complexity index is 378. The highest BCUT2D eigenvalue weighted by molar-refractivity contribution is 5.76. The third-order valence-electron chi connectivity index (χ3n) is 3.54. The third kappa shape index (κ3) is 6.20. The van der Waals surface area contributed by atoms with E-state index in [2.05, 4.69) is 48.7 Å². The van der Waals surface area contributed by atoms with E-state index in [-0.39, 0.29) is 11.9 Å². The van der Waals surface area contributed by atoms with Crippen LogP contribution < -0.4 is 10.6 Å². The molecule has 2 unspecified atom stereocenters. The van der Waals surface area contributed by atoms with Crippen LogP contribution in [0, 0.1) is 0 Å². The van der Waals surface area contributed by atoms with Crippen molar-refractivity contribution < 1.29 is 4.79 Å². The molecule has 3 nitrogen and oxygen atoms in total. The maximum atomic E-state index is 11.7.